The maximum Gasteiger partial charge on any atom is 0.0870 e. The van der Waals surface area contributed by atoms with Gasteiger partial charge in [0, 0.05) is 6.54 Å². The molecule has 3 rings (SSSR count). The van der Waals surface area contributed by atoms with Crippen LogP contribution in [0, 0.1) is 6.07 Å². The van der Waals surface area contributed by atoms with Gasteiger partial charge in [-0.05, 0) is 48.8 Å². The number of nitrogens with zero attached hydrogens (tertiary/aromatic N) is 2. The van der Waals surface area contributed by atoms with E-state index in [0.29, 0.717) is 5.70 Å². The molecule has 2 N–H and O–H groups in total. The highest BCUT2D eigenvalue weighted by molar-refractivity contribution is 6.24. The van der Waals surface area contributed by atoms with Crippen LogP contribution in [0.4, 0.5) is 5.69 Å². The molecule has 1 radical (unpaired) electrons. The van der Waals surface area contributed by atoms with Crippen LogP contribution in [0.2, 0.25) is 0 Å². The Hall–Kier alpha value is -2.16. The summed E-state index contributed by atoms with van der Waals surface area (Å²) in [5.41, 5.74) is 10.7. The van der Waals surface area contributed by atoms with Crippen LogP contribution in [-0.2, 0) is 0 Å². The van der Waals surface area contributed by atoms with Gasteiger partial charge in [-0.25, -0.2) is 4.99 Å². The summed E-state index contributed by atoms with van der Waals surface area (Å²) >= 11 is 0. The van der Waals surface area contributed by atoms with E-state index >= 15 is 0 Å². The lowest BCUT2D eigenvalue weighted by atomic mass is 9.94. The molecule has 0 saturated heterocycles. The molecule has 3 nitrogen and oxygen atoms in total. The molecule has 18 heavy (non-hydrogen) atoms. The number of benzene rings is 1. The molecule has 0 saturated carbocycles. The second-order valence-electron chi connectivity index (χ2n) is 4.40. The highest BCUT2D eigenvalue weighted by Gasteiger charge is 2.17. The Morgan fingerprint density at radius 3 is 2.89 bits per heavy atom. The zero-order valence-electron chi connectivity index (χ0n) is 10.1. The smallest absolute Gasteiger partial charge is 0.0870 e. The van der Waals surface area contributed by atoms with Crippen LogP contribution in [0.1, 0.15) is 12.8 Å². The fraction of sp³-hybridized carbons (Fsp3) is 0.200. The molecule has 1 aliphatic carbocycles. The van der Waals surface area contributed by atoms with Crippen molar-refractivity contribution in [1.82, 2.24) is 0 Å². The zero-order valence-corrected chi connectivity index (χ0v) is 10.1. The standard InChI is InChI=1S/C15H14N3/c16-13-10-14-11(5-4-8-17-14)9-15(13)18-12-6-2-1-3-7-12/h2-3,6-7,9-10H,4-5,8,16H2/b18-15-. The molecular weight excluding hydrogens is 222 g/mol. The van der Waals surface area contributed by atoms with Crippen LogP contribution >= 0.6 is 0 Å². The molecule has 1 aliphatic heterocycles. The van der Waals surface area contributed by atoms with E-state index < -0.39 is 0 Å². The van der Waals surface area contributed by atoms with Gasteiger partial charge in [-0.2, -0.15) is 0 Å². The van der Waals surface area contributed by atoms with Crippen LogP contribution < -0.4 is 5.73 Å². The number of rotatable bonds is 1. The molecular formula is C15H14N3. The van der Waals surface area contributed by atoms with E-state index in [4.69, 9.17) is 5.73 Å². The topological polar surface area (TPSA) is 50.7 Å². The summed E-state index contributed by atoms with van der Waals surface area (Å²) in [5.74, 6) is 0. The Labute approximate surface area is 106 Å². The maximum atomic E-state index is 6.03. The second kappa shape index (κ2) is 4.61. The van der Waals surface area contributed by atoms with Crippen LogP contribution in [0.3, 0.4) is 0 Å². The summed E-state index contributed by atoms with van der Waals surface area (Å²) in [6.07, 6.45) is 6.16. The first-order valence-corrected chi connectivity index (χ1v) is 6.11. The molecule has 3 heteroatoms. The largest absolute Gasteiger partial charge is 0.397 e. The first-order valence-electron chi connectivity index (χ1n) is 6.11. The van der Waals surface area contributed by atoms with Crippen molar-refractivity contribution in [2.75, 3.05) is 6.54 Å². The van der Waals surface area contributed by atoms with Gasteiger partial charge in [0.25, 0.3) is 0 Å². The number of nitrogens with two attached hydrogens (primary N) is 1. The van der Waals surface area contributed by atoms with Gasteiger partial charge >= 0.3 is 0 Å². The molecule has 1 aromatic rings. The highest BCUT2D eigenvalue weighted by Crippen LogP contribution is 2.22. The third kappa shape index (κ3) is 2.12. The Balaban J connectivity index is 1.99. The van der Waals surface area contributed by atoms with Crippen molar-refractivity contribution in [2.24, 2.45) is 15.7 Å². The fourth-order valence-corrected chi connectivity index (χ4v) is 2.14. The number of hydrogen-bond donors (Lipinski definition) is 1. The number of allylic oxidation sites excluding steroid dienone is 3. The van der Waals surface area contributed by atoms with Crippen LogP contribution in [0.25, 0.3) is 0 Å². The second-order valence-corrected chi connectivity index (χ2v) is 4.40. The van der Waals surface area contributed by atoms with Gasteiger partial charge in [0.15, 0.2) is 0 Å². The lowest BCUT2D eigenvalue weighted by molar-refractivity contribution is 0.816. The summed E-state index contributed by atoms with van der Waals surface area (Å²) in [6, 6.07) is 10.5. The zero-order chi connectivity index (χ0) is 12.4. The summed E-state index contributed by atoms with van der Waals surface area (Å²) < 4.78 is 0. The lowest BCUT2D eigenvalue weighted by Gasteiger charge is -2.18. The lowest BCUT2D eigenvalue weighted by Crippen LogP contribution is -2.21. The number of fused-ring (bicyclic) bond motifs is 1. The predicted molar refractivity (Wildman–Crippen MR) is 74.3 cm³/mol. The monoisotopic (exact) mass is 236 g/mol. The van der Waals surface area contributed by atoms with E-state index in [9.17, 15) is 0 Å². The molecule has 89 valence electrons. The van der Waals surface area contributed by atoms with E-state index in [0.717, 1.165) is 36.5 Å². The molecule has 0 aromatic heterocycles. The van der Waals surface area contributed by atoms with Gasteiger partial charge in [0.05, 0.1) is 22.8 Å². The Bertz CT molecular complexity index is 577. The molecule has 1 aromatic carbocycles. The van der Waals surface area contributed by atoms with Crippen molar-refractivity contribution in [3.8, 4) is 0 Å². The van der Waals surface area contributed by atoms with Crippen molar-refractivity contribution in [1.29, 1.82) is 0 Å². The first kappa shape index (κ1) is 11.0. The van der Waals surface area contributed by atoms with E-state index in [-0.39, 0.29) is 0 Å². The minimum Gasteiger partial charge on any atom is -0.397 e. The van der Waals surface area contributed by atoms with Crippen molar-refractivity contribution in [3.05, 3.63) is 53.8 Å². The van der Waals surface area contributed by atoms with Crippen molar-refractivity contribution in [3.63, 3.8) is 0 Å². The van der Waals surface area contributed by atoms with Gasteiger partial charge in [-0.1, -0.05) is 12.1 Å². The Kier molecular flexibility index (Phi) is 2.81. The van der Waals surface area contributed by atoms with Crippen molar-refractivity contribution in [2.45, 2.75) is 12.8 Å². The van der Waals surface area contributed by atoms with E-state index in [1.807, 2.05) is 30.3 Å². The van der Waals surface area contributed by atoms with Gasteiger partial charge in [0.2, 0.25) is 0 Å². The Morgan fingerprint density at radius 1 is 1.22 bits per heavy atom. The predicted octanol–water partition coefficient (Wildman–Crippen LogP) is 2.58. The molecule has 0 fully saturated rings. The van der Waals surface area contributed by atoms with Gasteiger partial charge in [-0.15, -0.1) is 0 Å². The minimum atomic E-state index is 0.687. The summed E-state index contributed by atoms with van der Waals surface area (Å²) in [4.78, 5) is 9.04. The molecule has 0 unspecified atom stereocenters. The molecule has 0 atom stereocenters. The quantitative estimate of drug-likeness (QED) is 0.748. The fourth-order valence-electron chi connectivity index (χ4n) is 2.14. The van der Waals surface area contributed by atoms with E-state index in [1.165, 1.54) is 5.57 Å². The van der Waals surface area contributed by atoms with Gasteiger partial charge in [-0.3, -0.25) is 4.99 Å². The van der Waals surface area contributed by atoms with Crippen molar-refractivity contribution < 1.29 is 0 Å². The number of aliphatic imine (C=N–C) groups is 2. The SMILES string of the molecule is NC1=CC2=NCCCC2=C/C1=N/c1cc[c]cc1. The summed E-state index contributed by atoms with van der Waals surface area (Å²) in [7, 11) is 0. The van der Waals surface area contributed by atoms with Crippen LogP contribution in [-0.4, -0.2) is 18.0 Å². The molecule has 1 heterocycles. The highest BCUT2D eigenvalue weighted by atomic mass is 14.8. The average molecular weight is 236 g/mol. The average Bonchev–Trinajstić information content (AvgIpc) is 2.41. The van der Waals surface area contributed by atoms with Crippen LogP contribution in [0.5, 0.6) is 0 Å². The third-order valence-electron chi connectivity index (χ3n) is 3.06. The minimum absolute atomic E-state index is 0.687. The van der Waals surface area contributed by atoms with Crippen LogP contribution in [0.15, 0.2) is 57.7 Å². The van der Waals surface area contributed by atoms with Gasteiger partial charge in [0.1, 0.15) is 0 Å². The van der Waals surface area contributed by atoms with Gasteiger partial charge < -0.3 is 5.73 Å². The molecule has 0 amide bonds. The summed E-state index contributed by atoms with van der Waals surface area (Å²) in [5, 5.41) is 0. The maximum absolute atomic E-state index is 6.03. The third-order valence-corrected chi connectivity index (χ3v) is 3.06. The molecule has 2 aliphatic rings. The first-order chi connectivity index (χ1) is 8.83. The van der Waals surface area contributed by atoms with Crippen molar-refractivity contribution >= 4 is 17.1 Å². The summed E-state index contributed by atoms with van der Waals surface area (Å²) in [6.45, 7) is 0.900. The van der Waals surface area contributed by atoms with E-state index in [1.54, 1.807) is 0 Å². The number of hydrogen-bond acceptors (Lipinski definition) is 3. The Morgan fingerprint density at radius 2 is 2.06 bits per heavy atom. The normalized spacial score (nSPS) is 20.9. The van der Waals surface area contributed by atoms with E-state index in [2.05, 4.69) is 22.1 Å². The molecule has 0 bridgehead atoms. The molecule has 0 spiro atoms.